The molecule has 1 aromatic rings. The average Bonchev–Trinajstić information content (AvgIpc) is 2.26. The Kier molecular flexibility index (Phi) is 4.59. The van der Waals surface area contributed by atoms with Gasteiger partial charge in [0.25, 0.3) is 0 Å². The fraction of sp³-hybridized carbons (Fsp3) is 0.455. The van der Waals surface area contributed by atoms with Gasteiger partial charge in [-0.2, -0.15) is 0 Å². The maximum atomic E-state index is 9.87. The van der Waals surface area contributed by atoms with Gasteiger partial charge < -0.3 is 15.5 Å². The maximum absolute atomic E-state index is 9.87. The van der Waals surface area contributed by atoms with Crippen LogP contribution in [0.3, 0.4) is 0 Å². The van der Waals surface area contributed by atoms with Crippen molar-refractivity contribution in [1.82, 2.24) is 5.32 Å². The summed E-state index contributed by atoms with van der Waals surface area (Å²) in [5.41, 5.74) is 0.894. The third-order valence-corrected chi connectivity index (χ3v) is 2.19. The fourth-order valence-corrected chi connectivity index (χ4v) is 1.34. The molecule has 78 valence electrons. The molecule has 14 heavy (non-hydrogen) atoms. The number of rotatable bonds is 5. The van der Waals surface area contributed by atoms with Crippen LogP contribution in [0.4, 0.5) is 0 Å². The highest BCUT2D eigenvalue weighted by atomic mass is 16.3. The number of nitrogens with one attached hydrogen (secondary N) is 1. The van der Waals surface area contributed by atoms with Gasteiger partial charge in [0.05, 0.1) is 12.7 Å². The quantitative estimate of drug-likeness (QED) is 0.648. The lowest BCUT2D eigenvalue weighted by molar-refractivity contribution is 0.132. The van der Waals surface area contributed by atoms with Crippen molar-refractivity contribution < 1.29 is 10.2 Å². The van der Waals surface area contributed by atoms with E-state index < -0.39 is 6.10 Å². The van der Waals surface area contributed by atoms with E-state index >= 15 is 0 Å². The molecule has 3 heteroatoms. The molecule has 0 fully saturated rings. The van der Waals surface area contributed by atoms with Crippen molar-refractivity contribution in [3.63, 3.8) is 0 Å². The van der Waals surface area contributed by atoms with E-state index in [9.17, 15) is 5.11 Å². The van der Waals surface area contributed by atoms with Crippen LogP contribution in [0.25, 0.3) is 0 Å². The van der Waals surface area contributed by atoms with E-state index in [1.807, 2.05) is 37.3 Å². The van der Waals surface area contributed by atoms with Gasteiger partial charge in [0, 0.05) is 12.6 Å². The lowest BCUT2D eigenvalue weighted by atomic mass is 10.0. The number of aliphatic hydroxyl groups is 2. The third-order valence-electron chi connectivity index (χ3n) is 2.19. The summed E-state index contributed by atoms with van der Waals surface area (Å²) >= 11 is 0. The normalized spacial score (nSPS) is 15.1. The first-order valence-electron chi connectivity index (χ1n) is 4.83. The molecule has 0 heterocycles. The van der Waals surface area contributed by atoms with Crippen LogP contribution < -0.4 is 5.32 Å². The van der Waals surface area contributed by atoms with Crippen molar-refractivity contribution >= 4 is 0 Å². The fourth-order valence-electron chi connectivity index (χ4n) is 1.34. The minimum Gasteiger partial charge on any atom is -0.395 e. The van der Waals surface area contributed by atoms with Crippen LogP contribution >= 0.6 is 0 Å². The SMILES string of the molecule is CC(NCCO)[C@@H](O)c1ccccc1. The number of benzene rings is 1. The Morgan fingerprint density at radius 3 is 2.50 bits per heavy atom. The van der Waals surface area contributed by atoms with Gasteiger partial charge in [-0.3, -0.25) is 0 Å². The molecule has 1 rings (SSSR count). The predicted molar refractivity (Wildman–Crippen MR) is 56.0 cm³/mol. The zero-order valence-corrected chi connectivity index (χ0v) is 8.35. The lowest BCUT2D eigenvalue weighted by Gasteiger charge is -2.20. The monoisotopic (exact) mass is 195 g/mol. The molecule has 1 unspecified atom stereocenters. The van der Waals surface area contributed by atoms with Crippen molar-refractivity contribution in [3.8, 4) is 0 Å². The summed E-state index contributed by atoms with van der Waals surface area (Å²) in [6, 6.07) is 9.45. The summed E-state index contributed by atoms with van der Waals surface area (Å²) in [5, 5.41) is 21.5. The smallest absolute Gasteiger partial charge is 0.0940 e. The van der Waals surface area contributed by atoms with Crippen LogP contribution in [0.5, 0.6) is 0 Å². The van der Waals surface area contributed by atoms with E-state index in [4.69, 9.17) is 5.11 Å². The Morgan fingerprint density at radius 2 is 1.93 bits per heavy atom. The maximum Gasteiger partial charge on any atom is 0.0940 e. The number of hydrogen-bond acceptors (Lipinski definition) is 3. The van der Waals surface area contributed by atoms with Crippen LogP contribution in [0.15, 0.2) is 30.3 Å². The Bertz CT molecular complexity index is 251. The molecule has 0 amide bonds. The molecule has 2 atom stereocenters. The van der Waals surface area contributed by atoms with E-state index in [1.54, 1.807) is 0 Å². The number of hydrogen-bond donors (Lipinski definition) is 3. The van der Waals surface area contributed by atoms with Gasteiger partial charge in [-0.25, -0.2) is 0 Å². The molecular formula is C11H17NO2. The largest absolute Gasteiger partial charge is 0.395 e. The van der Waals surface area contributed by atoms with E-state index in [-0.39, 0.29) is 12.6 Å². The van der Waals surface area contributed by atoms with Crippen molar-refractivity contribution in [2.45, 2.75) is 19.1 Å². The van der Waals surface area contributed by atoms with E-state index in [1.165, 1.54) is 0 Å². The molecule has 3 nitrogen and oxygen atoms in total. The van der Waals surface area contributed by atoms with Crippen LogP contribution in [0, 0.1) is 0 Å². The molecule has 0 aliphatic rings. The van der Waals surface area contributed by atoms with E-state index in [0.717, 1.165) is 5.56 Å². The molecule has 3 N–H and O–H groups in total. The lowest BCUT2D eigenvalue weighted by Crippen LogP contribution is -2.34. The zero-order chi connectivity index (χ0) is 10.4. The topological polar surface area (TPSA) is 52.5 Å². The second-order valence-corrected chi connectivity index (χ2v) is 3.32. The van der Waals surface area contributed by atoms with Crippen molar-refractivity contribution in [2.24, 2.45) is 0 Å². The predicted octanol–water partition coefficient (Wildman–Crippen LogP) is 0.690. The highest BCUT2D eigenvalue weighted by Crippen LogP contribution is 2.15. The van der Waals surface area contributed by atoms with Crippen LogP contribution in [0.2, 0.25) is 0 Å². The minimum absolute atomic E-state index is 0.0513. The minimum atomic E-state index is -0.525. The molecule has 0 aliphatic heterocycles. The highest BCUT2D eigenvalue weighted by molar-refractivity contribution is 5.18. The summed E-state index contributed by atoms with van der Waals surface area (Å²) in [6.07, 6.45) is -0.525. The first-order valence-corrected chi connectivity index (χ1v) is 4.83. The van der Waals surface area contributed by atoms with Gasteiger partial charge in [-0.1, -0.05) is 30.3 Å². The highest BCUT2D eigenvalue weighted by Gasteiger charge is 2.14. The van der Waals surface area contributed by atoms with Crippen LogP contribution in [0.1, 0.15) is 18.6 Å². The van der Waals surface area contributed by atoms with Crippen LogP contribution in [-0.4, -0.2) is 29.4 Å². The summed E-state index contributed by atoms with van der Waals surface area (Å²) in [4.78, 5) is 0. The Labute approximate surface area is 84.4 Å². The molecule has 0 aromatic heterocycles. The summed E-state index contributed by atoms with van der Waals surface area (Å²) in [5.74, 6) is 0. The second-order valence-electron chi connectivity index (χ2n) is 3.32. The Morgan fingerprint density at radius 1 is 1.29 bits per heavy atom. The number of aliphatic hydroxyl groups excluding tert-OH is 2. The van der Waals surface area contributed by atoms with Crippen molar-refractivity contribution in [3.05, 3.63) is 35.9 Å². The van der Waals surface area contributed by atoms with Gasteiger partial charge in [-0.05, 0) is 12.5 Å². The van der Waals surface area contributed by atoms with Gasteiger partial charge in [0.1, 0.15) is 0 Å². The molecule has 0 saturated heterocycles. The summed E-state index contributed by atoms with van der Waals surface area (Å²) < 4.78 is 0. The van der Waals surface area contributed by atoms with Crippen LogP contribution in [-0.2, 0) is 0 Å². The van der Waals surface area contributed by atoms with Crippen molar-refractivity contribution in [1.29, 1.82) is 0 Å². The summed E-state index contributed by atoms with van der Waals surface area (Å²) in [7, 11) is 0. The first-order chi connectivity index (χ1) is 6.75. The van der Waals surface area contributed by atoms with Gasteiger partial charge in [0.15, 0.2) is 0 Å². The molecule has 1 aromatic carbocycles. The molecule has 0 aliphatic carbocycles. The molecule has 0 radical (unpaired) electrons. The van der Waals surface area contributed by atoms with Gasteiger partial charge >= 0.3 is 0 Å². The third kappa shape index (κ3) is 3.10. The molecule has 0 bridgehead atoms. The van der Waals surface area contributed by atoms with Crippen molar-refractivity contribution in [2.75, 3.05) is 13.2 Å². The zero-order valence-electron chi connectivity index (χ0n) is 8.35. The Hall–Kier alpha value is -0.900. The molecule has 0 saturated carbocycles. The van der Waals surface area contributed by atoms with Gasteiger partial charge in [-0.15, -0.1) is 0 Å². The van der Waals surface area contributed by atoms with Gasteiger partial charge in [0.2, 0.25) is 0 Å². The van der Waals surface area contributed by atoms with E-state index in [0.29, 0.717) is 6.54 Å². The molecule has 0 spiro atoms. The Balaban J connectivity index is 2.52. The summed E-state index contributed by atoms with van der Waals surface area (Å²) in [6.45, 7) is 2.49. The van der Waals surface area contributed by atoms with E-state index in [2.05, 4.69) is 5.32 Å². The first kappa shape index (κ1) is 11.2. The average molecular weight is 195 g/mol. The second kappa shape index (κ2) is 5.75. The molecular weight excluding hydrogens is 178 g/mol. The standard InChI is InChI=1S/C11H17NO2/c1-9(12-7-8-13)11(14)10-5-3-2-4-6-10/h2-6,9,11-14H,7-8H2,1H3/t9?,11-/m1/s1.